The van der Waals surface area contributed by atoms with Crippen LogP contribution in [-0.2, 0) is 55.5 Å². The van der Waals surface area contributed by atoms with Gasteiger partial charge in [-0.2, -0.15) is 0 Å². The Hall–Kier alpha value is -7.05. The van der Waals surface area contributed by atoms with Crippen LogP contribution < -0.4 is 10.1 Å². The van der Waals surface area contributed by atoms with Crippen molar-refractivity contribution in [1.29, 1.82) is 0 Å². The summed E-state index contributed by atoms with van der Waals surface area (Å²) in [5, 5.41) is 12.2. The second kappa shape index (κ2) is 26.6. The molecule has 0 bridgehead atoms. The van der Waals surface area contributed by atoms with Gasteiger partial charge in [-0.15, -0.1) is 5.10 Å². The minimum atomic E-state index is -0.274. The number of nitrogens with one attached hydrogen (secondary N) is 1. The largest absolute Gasteiger partial charge is 0.494 e. The van der Waals surface area contributed by atoms with Gasteiger partial charge >= 0.3 is 0 Å². The molecule has 0 spiro atoms. The van der Waals surface area contributed by atoms with Crippen LogP contribution in [-0.4, -0.2) is 91.9 Å². The molecule has 1 N–H and O–H groups in total. The predicted octanol–water partition coefficient (Wildman–Crippen LogP) is 8.40. The highest BCUT2D eigenvalue weighted by atomic mass is 33.1. The number of benzene rings is 2. The Bertz CT molecular complexity index is 2630. The number of hydrogen-bond donors (Lipinski definition) is 1. The first kappa shape index (κ1) is 49.4. The molecule has 6 heterocycles. The summed E-state index contributed by atoms with van der Waals surface area (Å²) in [4.78, 5) is 56.4. The number of amides is 2. The van der Waals surface area contributed by atoms with Crippen molar-refractivity contribution in [2.75, 3.05) is 25.4 Å². The third kappa shape index (κ3) is 16.0. The number of hydrogen-bond acceptors (Lipinski definition) is 14. The molecule has 6 aromatic heterocycles. The Labute approximate surface area is 416 Å². The van der Waals surface area contributed by atoms with Crippen molar-refractivity contribution in [2.24, 2.45) is 0 Å². The van der Waals surface area contributed by atoms with Crippen LogP contribution in [0, 0.1) is 0 Å². The molecule has 17 heteroatoms. The van der Waals surface area contributed by atoms with E-state index in [0.29, 0.717) is 71.0 Å². The van der Waals surface area contributed by atoms with E-state index in [1.807, 2.05) is 140 Å². The zero-order chi connectivity index (χ0) is 48.0. The molecule has 0 aliphatic heterocycles. The van der Waals surface area contributed by atoms with E-state index in [4.69, 9.17) is 4.74 Å². The normalized spacial score (nSPS) is 11.3. The molecule has 358 valence electrons. The zero-order valence-corrected chi connectivity index (χ0v) is 40.6. The van der Waals surface area contributed by atoms with Gasteiger partial charge in [0.1, 0.15) is 23.0 Å². The fourth-order valence-corrected chi connectivity index (χ4v) is 9.69. The lowest BCUT2D eigenvalue weighted by Crippen LogP contribution is -2.42. The highest BCUT2D eigenvalue weighted by Crippen LogP contribution is 2.29. The van der Waals surface area contributed by atoms with Crippen LogP contribution in [0.1, 0.15) is 53.2 Å². The molecule has 0 saturated heterocycles. The van der Waals surface area contributed by atoms with E-state index in [-0.39, 0.29) is 31.4 Å². The zero-order valence-electron chi connectivity index (χ0n) is 38.9. The smallest absolute Gasteiger partial charge is 0.241 e. The molecule has 0 fully saturated rings. The SMILES string of the molecule is O=C(CN(CCCCOc1cc(CN(Cc2ccccn2)Cc2ccccn2)cc(CN(Cc2ccccn2)Cc2ccccn2)c1)C(=O)CCSSc1ccccn1)NCn1nnc2ccccc21. The average molecular weight is 973 g/mol. The van der Waals surface area contributed by atoms with Gasteiger partial charge in [-0.25, -0.2) is 9.67 Å². The summed E-state index contributed by atoms with van der Waals surface area (Å²) in [5.74, 6) is 0.974. The van der Waals surface area contributed by atoms with Gasteiger partial charge in [0.05, 0.1) is 41.4 Å². The molecule has 8 rings (SSSR count). The lowest BCUT2D eigenvalue weighted by Gasteiger charge is -2.25. The maximum Gasteiger partial charge on any atom is 0.241 e. The summed E-state index contributed by atoms with van der Waals surface area (Å²) in [6.07, 6.45) is 10.6. The molecule has 15 nitrogen and oxygen atoms in total. The Kier molecular flexibility index (Phi) is 18.8. The first-order valence-electron chi connectivity index (χ1n) is 23.3. The van der Waals surface area contributed by atoms with E-state index in [1.54, 1.807) is 26.6 Å². The number of carbonyl (C=O) groups is 2. The number of ether oxygens (including phenoxy) is 1. The summed E-state index contributed by atoms with van der Waals surface area (Å²) >= 11 is 0. The van der Waals surface area contributed by atoms with Crippen molar-refractivity contribution in [2.45, 2.75) is 70.2 Å². The van der Waals surface area contributed by atoms with E-state index >= 15 is 0 Å². The van der Waals surface area contributed by atoms with Gasteiger partial charge in [0.2, 0.25) is 11.8 Å². The quantitative estimate of drug-likeness (QED) is 0.0387. The van der Waals surface area contributed by atoms with Crippen LogP contribution in [0.25, 0.3) is 11.0 Å². The third-order valence-corrected chi connectivity index (χ3v) is 13.4. The second-order valence-electron chi connectivity index (χ2n) is 16.6. The van der Waals surface area contributed by atoms with Crippen LogP contribution in [0.4, 0.5) is 0 Å². The second-order valence-corrected chi connectivity index (χ2v) is 19.0. The molecule has 0 aliphatic carbocycles. The van der Waals surface area contributed by atoms with Gasteiger partial charge < -0.3 is 15.0 Å². The van der Waals surface area contributed by atoms with Crippen LogP contribution >= 0.6 is 21.6 Å². The molecule has 0 atom stereocenters. The number of pyridine rings is 5. The van der Waals surface area contributed by atoms with E-state index in [2.05, 4.69) is 68.5 Å². The monoisotopic (exact) mass is 972 g/mol. The molecule has 0 radical (unpaired) electrons. The minimum absolute atomic E-state index is 0.0726. The Morgan fingerprint density at radius 3 is 1.69 bits per heavy atom. The van der Waals surface area contributed by atoms with Gasteiger partial charge in [-0.05, 0) is 120 Å². The molecule has 2 amide bonds. The van der Waals surface area contributed by atoms with Crippen molar-refractivity contribution in [3.63, 3.8) is 0 Å². The topological polar surface area (TPSA) is 160 Å². The summed E-state index contributed by atoms with van der Waals surface area (Å²) in [6.45, 7) is 4.68. The van der Waals surface area contributed by atoms with E-state index in [0.717, 1.165) is 55.7 Å². The Balaban J connectivity index is 0.953. The number of para-hydroxylation sites is 1. The molecule has 2 aromatic carbocycles. The Morgan fingerprint density at radius 1 is 0.600 bits per heavy atom. The van der Waals surface area contributed by atoms with Crippen molar-refractivity contribution in [3.05, 3.63) is 198 Å². The Morgan fingerprint density at radius 2 is 1.14 bits per heavy atom. The first-order valence-corrected chi connectivity index (χ1v) is 25.6. The molecule has 70 heavy (non-hydrogen) atoms. The number of carbonyl (C=O) groups excluding carboxylic acids is 2. The van der Waals surface area contributed by atoms with Gasteiger partial charge in [0.15, 0.2) is 0 Å². The fourth-order valence-electron chi connectivity index (χ4n) is 7.83. The predicted molar refractivity (Wildman–Crippen MR) is 273 cm³/mol. The summed E-state index contributed by atoms with van der Waals surface area (Å²) < 4.78 is 8.23. The number of rotatable bonds is 27. The van der Waals surface area contributed by atoms with Crippen LogP contribution in [0.3, 0.4) is 0 Å². The van der Waals surface area contributed by atoms with Crippen molar-refractivity contribution in [3.8, 4) is 5.75 Å². The lowest BCUT2D eigenvalue weighted by atomic mass is 10.1. The average Bonchev–Trinajstić information content (AvgIpc) is 3.81. The molecule has 0 aliphatic rings. The maximum absolute atomic E-state index is 13.7. The molecular formula is C53H56N12O3S2. The molecular weight excluding hydrogens is 917 g/mol. The maximum atomic E-state index is 13.7. The van der Waals surface area contributed by atoms with Crippen LogP contribution in [0.5, 0.6) is 5.75 Å². The molecule has 8 aromatic rings. The van der Waals surface area contributed by atoms with Crippen molar-refractivity contribution >= 4 is 44.4 Å². The van der Waals surface area contributed by atoms with Crippen molar-refractivity contribution in [1.82, 2.24) is 59.9 Å². The lowest BCUT2D eigenvalue weighted by molar-refractivity contribution is -0.136. The van der Waals surface area contributed by atoms with Crippen molar-refractivity contribution < 1.29 is 14.3 Å². The third-order valence-electron chi connectivity index (χ3n) is 11.1. The summed E-state index contributed by atoms with van der Waals surface area (Å²) in [6, 6.07) is 43.8. The van der Waals surface area contributed by atoms with E-state index < -0.39 is 0 Å². The highest BCUT2D eigenvalue weighted by Gasteiger charge is 2.19. The fraction of sp³-hybridized carbons (Fsp3) is 0.264. The van der Waals surface area contributed by atoms with Gasteiger partial charge in [0, 0.05) is 89.0 Å². The molecule has 0 saturated carbocycles. The highest BCUT2D eigenvalue weighted by molar-refractivity contribution is 8.76. The first-order chi connectivity index (χ1) is 34.5. The van der Waals surface area contributed by atoms with Gasteiger partial charge in [-0.3, -0.25) is 39.3 Å². The van der Waals surface area contributed by atoms with Gasteiger partial charge in [-0.1, -0.05) is 64.5 Å². The number of fused-ring (bicyclic) bond motifs is 1. The van der Waals surface area contributed by atoms with Crippen LogP contribution in [0.15, 0.2) is 169 Å². The number of nitrogens with zero attached hydrogens (tertiary/aromatic N) is 11. The summed E-state index contributed by atoms with van der Waals surface area (Å²) in [7, 11) is 3.10. The number of aromatic nitrogens is 8. The number of unbranched alkanes of at least 4 members (excludes halogenated alkanes) is 1. The van der Waals surface area contributed by atoms with E-state index in [9.17, 15) is 9.59 Å². The van der Waals surface area contributed by atoms with E-state index in [1.165, 1.54) is 10.8 Å². The standard InChI is InChI=1S/C53H56N12O3S2/c66-51(59-41-65-50-20-2-1-19-49(50)60-61-65)40-64(53(67)22-30-69-70-52-21-7-12-27-58-52)28-13-14-29-68-48-32-42(34-62(36-44-15-3-8-23-54-44)37-45-16-4-9-24-55-45)31-43(33-48)35-63(38-46-17-5-10-25-56-46)39-47-18-6-11-26-57-47/h1-12,15-21,23-27,31-33H,13-14,22,28-30,34-41H2,(H,59,66). The minimum Gasteiger partial charge on any atom is -0.494 e. The molecule has 0 unspecified atom stereocenters. The van der Waals surface area contributed by atoms with Gasteiger partial charge in [0.25, 0.3) is 0 Å². The van der Waals surface area contributed by atoms with Crippen LogP contribution in [0.2, 0.25) is 0 Å². The summed E-state index contributed by atoms with van der Waals surface area (Å²) in [5.41, 5.74) is 7.63.